The van der Waals surface area contributed by atoms with Crippen LogP contribution < -0.4 is 0 Å². The summed E-state index contributed by atoms with van der Waals surface area (Å²) in [5.41, 5.74) is 0.148. The molecule has 2 atom stereocenters. The molecule has 1 N–H and O–H groups in total. The van der Waals surface area contributed by atoms with Crippen LogP contribution in [-0.4, -0.2) is 5.11 Å². The zero-order chi connectivity index (χ0) is 11.6. The highest BCUT2D eigenvalue weighted by molar-refractivity contribution is 6.30. The highest BCUT2D eigenvalue weighted by atomic mass is 35.5. The molecule has 1 nitrogen and oxygen atoms in total. The predicted octanol–water partition coefficient (Wildman–Crippen LogP) is 3.90. The van der Waals surface area contributed by atoms with E-state index in [-0.39, 0.29) is 5.92 Å². The summed E-state index contributed by atoms with van der Waals surface area (Å²) < 4.78 is 0. The van der Waals surface area contributed by atoms with Gasteiger partial charge in [-0.25, -0.2) is 0 Å². The van der Waals surface area contributed by atoms with Crippen molar-refractivity contribution >= 4 is 11.6 Å². The summed E-state index contributed by atoms with van der Waals surface area (Å²) in [6, 6.07) is 7.48. The van der Waals surface area contributed by atoms with Gasteiger partial charge in [-0.05, 0) is 43.9 Å². The van der Waals surface area contributed by atoms with Crippen molar-refractivity contribution in [1.82, 2.24) is 0 Å². The minimum atomic E-state index is -0.790. The zero-order valence-electron chi connectivity index (χ0n) is 9.49. The molecule has 0 fully saturated rings. The molecule has 0 amide bonds. The quantitative estimate of drug-likeness (QED) is 0.773. The Balaban J connectivity index is 2.26. The Labute approximate surface area is 102 Å². The van der Waals surface area contributed by atoms with E-state index in [1.807, 2.05) is 31.2 Å². The number of hydrogen-bond acceptors (Lipinski definition) is 1. The van der Waals surface area contributed by atoms with E-state index in [2.05, 4.69) is 12.2 Å². The minimum Gasteiger partial charge on any atom is -0.385 e. The molecule has 0 heterocycles. The van der Waals surface area contributed by atoms with Gasteiger partial charge in [0.15, 0.2) is 0 Å². The molecule has 0 saturated carbocycles. The fourth-order valence-electron chi connectivity index (χ4n) is 2.28. The van der Waals surface area contributed by atoms with E-state index in [1.54, 1.807) is 0 Å². The van der Waals surface area contributed by atoms with Crippen molar-refractivity contribution in [2.75, 3.05) is 0 Å². The van der Waals surface area contributed by atoms with E-state index in [1.165, 1.54) is 0 Å². The molecule has 0 spiro atoms. The predicted molar refractivity (Wildman–Crippen MR) is 67.5 cm³/mol. The van der Waals surface area contributed by atoms with Gasteiger partial charge in [0.25, 0.3) is 0 Å². The monoisotopic (exact) mass is 236 g/mol. The molecular formula is C14H17ClO. The molecule has 0 aromatic heterocycles. The van der Waals surface area contributed by atoms with Gasteiger partial charge in [-0.1, -0.05) is 35.9 Å². The van der Waals surface area contributed by atoms with Gasteiger partial charge in [0, 0.05) is 10.9 Å². The SMILES string of the molecule is CC(O)(c1ccc(Cl)cc1)C1C=CCCC1. The third kappa shape index (κ3) is 2.31. The van der Waals surface area contributed by atoms with E-state index < -0.39 is 5.60 Å². The van der Waals surface area contributed by atoms with Gasteiger partial charge in [-0.3, -0.25) is 0 Å². The lowest BCUT2D eigenvalue weighted by molar-refractivity contribution is 0.00801. The van der Waals surface area contributed by atoms with Crippen molar-refractivity contribution in [3.8, 4) is 0 Å². The number of allylic oxidation sites excluding steroid dienone is 1. The molecule has 1 aliphatic carbocycles. The molecule has 2 rings (SSSR count). The minimum absolute atomic E-state index is 0.211. The van der Waals surface area contributed by atoms with Gasteiger partial charge < -0.3 is 5.11 Å². The maximum Gasteiger partial charge on any atom is 0.0930 e. The molecule has 1 aromatic rings. The molecule has 1 aliphatic rings. The molecule has 0 saturated heterocycles. The second kappa shape index (κ2) is 4.60. The van der Waals surface area contributed by atoms with Crippen molar-refractivity contribution < 1.29 is 5.11 Å². The number of halogens is 1. The van der Waals surface area contributed by atoms with Gasteiger partial charge in [0.1, 0.15) is 0 Å². The summed E-state index contributed by atoms with van der Waals surface area (Å²) in [6.07, 6.45) is 7.64. The second-order valence-corrected chi connectivity index (χ2v) is 5.06. The molecule has 2 unspecified atom stereocenters. The van der Waals surface area contributed by atoms with Crippen molar-refractivity contribution in [3.63, 3.8) is 0 Å². The van der Waals surface area contributed by atoms with E-state index >= 15 is 0 Å². The maximum atomic E-state index is 10.6. The number of aliphatic hydroxyl groups is 1. The van der Waals surface area contributed by atoms with Gasteiger partial charge in [-0.2, -0.15) is 0 Å². The third-order valence-corrected chi connectivity index (χ3v) is 3.66. The number of hydrogen-bond donors (Lipinski definition) is 1. The smallest absolute Gasteiger partial charge is 0.0930 e. The first-order valence-electron chi connectivity index (χ1n) is 5.76. The first-order chi connectivity index (χ1) is 7.60. The van der Waals surface area contributed by atoms with Crippen molar-refractivity contribution in [1.29, 1.82) is 0 Å². The Morgan fingerprint density at radius 2 is 2.00 bits per heavy atom. The Kier molecular flexibility index (Phi) is 3.36. The van der Waals surface area contributed by atoms with Crippen LogP contribution in [0, 0.1) is 5.92 Å². The van der Waals surface area contributed by atoms with Crippen LogP contribution in [0.3, 0.4) is 0 Å². The number of rotatable bonds is 2. The fraction of sp³-hybridized carbons (Fsp3) is 0.429. The fourth-order valence-corrected chi connectivity index (χ4v) is 2.41. The van der Waals surface area contributed by atoms with Gasteiger partial charge in [0.05, 0.1) is 5.60 Å². The molecule has 1 aromatic carbocycles. The number of benzene rings is 1. The van der Waals surface area contributed by atoms with Crippen LogP contribution in [0.2, 0.25) is 5.02 Å². The lowest BCUT2D eigenvalue weighted by Gasteiger charge is -2.33. The largest absolute Gasteiger partial charge is 0.385 e. The summed E-state index contributed by atoms with van der Waals surface area (Å²) in [5, 5.41) is 11.3. The van der Waals surface area contributed by atoms with E-state index in [0.29, 0.717) is 5.02 Å². The van der Waals surface area contributed by atoms with Gasteiger partial charge in [0.2, 0.25) is 0 Å². The molecule has 16 heavy (non-hydrogen) atoms. The Morgan fingerprint density at radius 3 is 2.56 bits per heavy atom. The summed E-state index contributed by atoms with van der Waals surface area (Å²) in [5.74, 6) is 0.211. The van der Waals surface area contributed by atoms with Gasteiger partial charge >= 0.3 is 0 Å². The average molecular weight is 237 g/mol. The lowest BCUT2D eigenvalue weighted by atomic mass is 9.78. The maximum absolute atomic E-state index is 10.6. The van der Waals surface area contributed by atoms with Crippen molar-refractivity contribution in [2.45, 2.75) is 31.8 Å². The zero-order valence-corrected chi connectivity index (χ0v) is 10.2. The molecule has 2 heteroatoms. The molecule has 0 radical (unpaired) electrons. The standard InChI is InChI=1S/C14H17ClO/c1-14(16,11-5-3-2-4-6-11)12-7-9-13(15)10-8-12/h3,5,7-11,16H,2,4,6H2,1H3. The summed E-state index contributed by atoms with van der Waals surface area (Å²) in [6.45, 7) is 1.89. The van der Waals surface area contributed by atoms with Crippen LogP contribution in [0.1, 0.15) is 31.7 Å². The van der Waals surface area contributed by atoms with E-state index in [4.69, 9.17) is 11.6 Å². The molecule has 0 aliphatic heterocycles. The summed E-state index contributed by atoms with van der Waals surface area (Å²) >= 11 is 5.85. The first-order valence-corrected chi connectivity index (χ1v) is 6.13. The normalized spacial score (nSPS) is 24.1. The van der Waals surface area contributed by atoms with E-state index in [9.17, 15) is 5.11 Å². The Hall–Kier alpha value is -0.790. The topological polar surface area (TPSA) is 20.2 Å². The lowest BCUT2D eigenvalue weighted by Crippen LogP contribution is -2.31. The van der Waals surface area contributed by atoms with Crippen LogP contribution in [0.25, 0.3) is 0 Å². The molecule has 86 valence electrons. The van der Waals surface area contributed by atoms with Crippen molar-refractivity contribution in [3.05, 3.63) is 47.0 Å². The second-order valence-electron chi connectivity index (χ2n) is 4.62. The summed E-state index contributed by atoms with van der Waals surface area (Å²) in [4.78, 5) is 0. The highest BCUT2D eigenvalue weighted by Crippen LogP contribution is 2.36. The Bertz CT molecular complexity index is 378. The Morgan fingerprint density at radius 1 is 1.31 bits per heavy atom. The third-order valence-electron chi connectivity index (χ3n) is 3.40. The first kappa shape index (κ1) is 11.7. The van der Waals surface area contributed by atoms with Crippen molar-refractivity contribution in [2.24, 2.45) is 5.92 Å². The molecule has 0 bridgehead atoms. The van der Waals surface area contributed by atoms with Crippen LogP contribution in [0.15, 0.2) is 36.4 Å². The van der Waals surface area contributed by atoms with Crippen LogP contribution in [0.5, 0.6) is 0 Å². The summed E-state index contributed by atoms with van der Waals surface area (Å²) in [7, 11) is 0. The average Bonchev–Trinajstić information content (AvgIpc) is 2.31. The van der Waals surface area contributed by atoms with E-state index in [0.717, 1.165) is 24.8 Å². The van der Waals surface area contributed by atoms with Crippen LogP contribution >= 0.6 is 11.6 Å². The van der Waals surface area contributed by atoms with Crippen LogP contribution in [0.4, 0.5) is 0 Å². The highest BCUT2D eigenvalue weighted by Gasteiger charge is 2.32. The molecular weight excluding hydrogens is 220 g/mol. The van der Waals surface area contributed by atoms with Crippen LogP contribution in [-0.2, 0) is 5.60 Å². The van der Waals surface area contributed by atoms with Gasteiger partial charge in [-0.15, -0.1) is 0 Å².